The van der Waals surface area contributed by atoms with Crippen molar-refractivity contribution in [3.8, 4) is 0 Å². The summed E-state index contributed by atoms with van der Waals surface area (Å²) in [6.45, 7) is 10.3. The molecular formula is C34H39ClN4O4. The van der Waals surface area contributed by atoms with Crippen molar-refractivity contribution in [1.82, 2.24) is 20.0 Å². The van der Waals surface area contributed by atoms with Gasteiger partial charge in [0.25, 0.3) is 11.8 Å². The first-order valence-corrected chi connectivity index (χ1v) is 15.7. The van der Waals surface area contributed by atoms with Crippen LogP contribution in [0.3, 0.4) is 0 Å². The summed E-state index contributed by atoms with van der Waals surface area (Å²) in [6.07, 6.45) is 4.70. The number of piperidine rings is 1. The van der Waals surface area contributed by atoms with Crippen LogP contribution in [0.2, 0.25) is 5.02 Å². The lowest BCUT2D eigenvalue weighted by atomic mass is 9.72. The fourth-order valence-electron chi connectivity index (χ4n) is 6.95. The second-order valence-corrected chi connectivity index (χ2v) is 13.6. The van der Waals surface area contributed by atoms with Gasteiger partial charge in [0, 0.05) is 37.6 Å². The topological polar surface area (TPSA) is 90.0 Å². The number of hydrogen-bond acceptors (Lipinski definition) is 6. The third-order valence-electron chi connectivity index (χ3n) is 9.38. The summed E-state index contributed by atoms with van der Waals surface area (Å²) in [6, 6.07) is 12.8. The molecule has 226 valence electrons. The molecule has 4 aliphatic rings. The van der Waals surface area contributed by atoms with Gasteiger partial charge in [0.1, 0.15) is 6.04 Å². The van der Waals surface area contributed by atoms with Crippen LogP contribution in [0.4, 0.5) is 0 Å². The van der Waals surface area contributed by atoms with Crippen molar-refractivity contribution in [2.75, 3.05) is 32.7 Å². The summed E-state index contributed by atoms with van der Waals surface area (Å²) in [5, 5.41) is 3.01. The summed E-state index contributed by atoms with van der Waals surface area (Å²) >= 11 is 6.19. The molecule has 6 rings (SSSR count). The molecule has 3 heterocycles. The molecule has 1 aliphatic carbocycles. The van der Waals surface area contributed by atoms with Gasteiger partial charge in [0.15, 0.2) is 0 Å². The molecule has 0 saturated carbocycles. The minimum absolute atomic E-state index is 0.110. The minimum atomic E-state index is -0.948. The number of imide groups is 2. The van der Waals surface area contributed by atoms with Crippen LogP contribution in [0.25, 0.3) is 5.57 Å². The lowest BCUT2D eigenvalue weighted by Gasteiger charge is -2.35. The van der Waals surface area contributed by atoms with E-state index in [0.29, 0.717) is 17.7 Å². The van der Waals surface area contributed by atoms with Crippen LogP contribution in [0.1, 0.15) is 84.2 Å². The third-order valence-corrected chi connectivity index (χ3v) is 9.64. The highest BCUT2D eigenvalue weighted by atomic mass is 35.5. The van der Waals surface area contributed by atoms with E-state index in [4.69, 9.17) is 11.6 Å². The van der Waals surface area contributed by atoms with Crippen molar-refractivity contribution in [2.24, 2.45) is 5.41 Å². The first-order valence-electron chi connectivity index (χ1n) is 15.3. The van der Waals surface area contributed by atoms with E-state index in [1.54, 1.807) is 12.1 Å². The van der Waals surface area contributed by atoms with Gasteiger partial charge in [0.05, 0.1) is 11.1 Å². The minimum Gasteiger partial charge on any atom is -0.298 e. The van der Waals surface area contributed by atoms with Crippen LogP contribution in [-0.4, -0.2) is 77.1 Å². The Morgan fingerprint density at radius 3 is 2.28 bits per heavy atom. The quantitative estimate of drug-likeness (QED) is 0.473. The number of rotatable bonds is 6. The van der Waals surface area contributed by atoms with Crippen LogP contribution in [0, 0.1) is 5.41 Å². The summed E-state index contributed by atoms with van der Waals surface area (Å²) < 4.78 is 0. The van der Waals surface area contributed by atoms with E-state index in [0.717, 1.165) is 67.5 Å². The lowest BCUT2D eigenvalue weighted by molar-refractivity contribution is -0.136. The van der Waals surface area contributed by atoms with E-state index in [2.05, 4.69) is 41.1 Å². The first kappa shape index (κ1) is 29.7. The molecule has 0 bridgehead atoms. The SMILES string of the molecule is CC1(C)CCC(CN2CCCN(Cc3ccc4c(c3)C(=O)N(C3CCC(=O)NC3=O)C4=O)CC2)=C(c2ccc(Cl)cc2)C1. The van der Waals surface area contributed by atoms with Gasteiger partial charge in [-0.25, -0.2) is 0 Å². The summed E-state index contributed by atoms with van der Waals surface area (Å²) in [4.78, 5) is 56.3. The predicted molar refractivity (Wildman–Crippen MR) is 165 cm³/mol. The molecule has 0 aromatic heterocycles. The second kappa shape index (κ2) is 12.0. The van der Waals surface area contributed by atoms with E-state index in [9.17, 15) is 19.2 Å². The molecule has 3 aliphatic heterocycles. The van der Waals surface area contributed by atoms with Gasteiger partial charge in [-0.3, -0.25) is 39.2 Å². The fourth-order valence-corrected chi connectivity index (χ4v) is 7.08. The van der Waals surface area contributed by atoms with E-state index >= 15 is 0 Å². The number of halogens is 1. The molecular weight excluding hydrogens is 564 g/mol. The molecule has 2 aromatic rings. The van der Waals surface area contributed by atoms with Crippen molar-refractivity contribution in [2.45, 2.75) is 65.0 Å². The molecule has 1 atom stereocenters. The van der Waals surface area contributed by atoms with E-state index in [-0.39, 0.29) is 24.2 Å². The zero-order valence-corrected chi connectivity index (χ0v) is 25.7. The van der Waals surface area contributed by atoms with Gasteiger partial charge in [0.2, 0.25) is 11.8 Å². The number of carbonyl (C=O) groups is 4. The maximum Gasteiger partial charge on any atom is 0.262 e. The molecule has 0 spiro atoms. The monoisotopic (exact) mass is 602 g/mol. The van der Waals surface area contributed by atoms with Crippen LogP contribution in [0.15, 0.2) is 48.0 Å². The summed E-state index contributed by atoms with van der Waals surface area (Å²) in [5.41, 5.74) is 6.21. The highest BCUT2D eigenvalue weighted by molar-refractivity contribution is 6.30. The number of carbonyl (C=O) groups excluding carboxylic acids is 4. The Kier molecular flexibility index (Phi) is 8.28. The van der Waals surface area contributed by atoms with Crippen molar-refractivity contribution < 1.29 is 19.2 Å². The largest absolute Gasteiger partial charge is 0.298 e. The van der Waals surface area contributed by atoms with E-state index in [1.807, 2.05) is 18.2 Å². The number of amides is 4. The molecule has 0 radical (unpaired) electrons. The Balaban J connectivity index is 1.11. The van der Waals surface area contributed by atoms with Crippen LogP contribution in [-0.2, 0) is 16.1 Å². The number of nitrogens with zero attached hydrogens (tertiary/aromatic N) is 3. The van der Waals surface area contributed by atoms with Crippen molar-refractivity contribution >= 4 is 40.8 Å². The Labute approximate surface area is 258 Å². The Morgan fingerprint density at radius 2 is 1.56 bits per heavy atom. The molecule has 2 fully saturated rings. The standard InChI is InChI=1S/C34H39ClN4O4/c1-34(2)13-12-24(28(19-34)23-5-7-25(35)8-6-23)21-38-15-3-14-37(16-17-38)20-22-4-9-26-27(18-22)33(43)39(32(26)42)29-10-11-30(40)36-31(29)41/h4-9,18,29H,3,10-17,19-21H2,1-2H3,(H,36,40,41). The maximum atomic E-state index is 13.3. The van der Waals surface area contributed by atoms with Gasteiger partial charge in [-0.2, -0.15) is 0 Å². The first-order chi connectivity index (χ1) is 20.6. The van der Waals surface area contributed by atoms with Gasteiger partial charge in [-0.1, -0.05) is 49.2 Å². The average molecular weight is 603 g/mol. The number of allylic oxidation sites excluding steroid dienone is 1. The molecule has 9 heteroatoms. The number of benzene rings is 2. The predicted octanol–water partition coefficient (Wildman–Crippen LogP) is 4.91. The number of hydrogen-bond donors (Lipinski definition) is 1. The highest BCUT2D eigenvalue weighted by Gasteiger charge is 2.44. The molecule has 1 N–H and O–H groups in total. The third kappa shape index (κ3) is 6.33. The van der Waals surface area contributed by atoms with E-state index < -0.39 is 23.8 Å². The zero-order chi connectivity index (χ0) is 30.3. The summed E-state index contributed by atoms with van der Waals surface area (Å²) in [5.74, 6) is -1.89. The molecule has 1 unspecified atom stereocenters. The molecule has 4 amide bonds. The Morgan fingerprint density at radius 1 is 0.860 bits per heavy atom. The Hall–Kier alpha value is -3.33. The van der Waals surface area contributed by atoms with Crippen LogP contribution < -0.4 is 5.32 Å². The molecule has 8 nitrogen and oxygen atoms in total. The highest BCUT2D eigenvalue weighted by Crippen LogP contribution is 2.43. The molecule has 2 saturated heterocycles. The second-order valence-electron chi connectivity index (χ2n) is 13.2. The Bertz CT molecular complexity index is 1500. The van der Waals surface area contributed by atoms with Gasteiger partial charge < -0.3 is 0 Å². The van der Waals surface area contributed by atoms with E-state index in [1.165, 1.54) is 23.1 Å². The van der Waals surface area contributed by atoms with Crippen molar-refractivity contribution in [1.29, 1.82) is 0 Å². The summed E-state index contributed by atoms with van der Waals surface area (Å²) in [7, 11) is 0. The average Bonchev–Trinajstić information content (AvgIpc) is 3.09. The fraction of sp³-hybridized carbons (Fsp3) is 0.471. The van der Waals surface area contributed by atoms with Crippen molar-refractivity contribution in [3.05, 3.63) is 75.3 Å². The number of nitrogens with one attached hydrogen (secondary N) is 1. The zero-order valence-electron chi connectivity index (χ0n) is 25.0. The smallest absolute Gasteiger partial charge is 0.262 e. The number of fused-ring (bicyclic) bond motifs is 1. The van der Waals surface area contributed by atoms with Gasteiger partial charge in [-0.05, 0) is 91.6 Å². The maximum absolute atomic E-state index is 13.3. The van der Waals surface area contributed by atoms with Crippen LogP contribution in [0.5, 0.6) is 0 Å². The van der Waals surface area contributed by atoms with Crippen molar-refractivity contribution in [3.63, 3.8) is 0 Å². The molecule has 43 heavy (non-hydrogen) atoms. The molecule has 2 aromatic carbocycles. The van der Waals surface area contributed by atoms with Gasteiger partial charge in [-0.15, -0.1) is 0 Å². The lowest BCUT2D eigenvalue weighted by Crippen LogP contribution is -2.54. The normalized spacial score (nSPS) is 23.4. The van der Waals surface area contributed by atoms with Crippen LogP contribution >= 0.6 is 11.6 Å². The van der Waals surface area contributed by atoms with Gasteiger partial charge >= 0.3 is 0 Å².